The lowest BCUT2D eigenvalue weighted by Crippen LogP contribution is -2.25. The lowest BCUT2D eigenvalue weighted by molar-refractivity contribution is -0.117. The SMILES string of the molecule is O=C1CC(CS(=O)(=O)Cl)CN1c1cnc(Cl)cc1Cl. The lowest BCUT2D eigenvalue weighted by atomic mass is 10.1. The van der Waals surface area contributed by atoms with Crippen LogP contribution in [0.2, 0.25) is 10.2 Å². The van der Waals surface area contributed by atoms with Gasteiger partial charge >= 0.3 is 0 Å². The molecular weight excluding hydrogens is 335 g/mol. The van der Waals surface area contributed by atoms with Crippen molar-refractivity contribution in [3.63, 3.8) is 0 Å². The molecule has 1 amide bonds. The molecule has 2 heterocycles. The summed E-state index contributed by atoms with van der Waals surface area (Å²) in [7, 11) is 1.56. The molecule has 0 saturated carbocycles. The Morgan fingerprint density at radius 1 is 1.42 bits per heavy atom. The van der Waals surface area contributed by atoms with Gasteiger partial charge in [0.1, 0.15) is 5.15 Å². The number of nitrogens with zero attached hydrogens (tertiary/aromatic N) is 2. The average molecular weight is 344 g/mol. The predicted octanol–water partition coefficient (Wildman–Crippen LogP) is 2.31. The van der Waals surface area contributed by atoms with Crippen molar-refractivity contribution >= 4 is 54.5 Å². The van der Waals surface area contributed by atoms with Gasteiger partial charge in [-0.1, -0.05) is 23.2 Å². The number of amides is 1. The number of pyridine rings is 1. The fraction of sp³-hybridized carbons (Fsp3) is 0.400. The van der Waals surface area contributed by atoms with Crippen molar-refractivity contribution < 1.29 is 13.2 Å². The van der Waals surface area contributed by atoms with E-state index in [-0.39, 0.29) is 35.7 Å². The maximum absolute atomic E-state index is 11.9. The van der Waals surface area contributed by atoms with Gasteiger partial charge in [0.25, 0.3) is 0 Å². The van der Waals surface area contributed by atoms with E-state index in [1.807, 2.05) is 0 Å². The molecule has 9 heteroatoms. The minimum absolute atomic E-state index is 0.116. The Kier molecular flexibility index (Phi) is 4.25. The van der Waals surface area contributed by atoms with E-state index in [4.69, 9.17) is 33.9 Å². The van der Waals surface area contributed by atoms with Gasteiger partial charge < -0.3 is 4.90 Å². The van der Waals surface area contributed by atoms with Gasteiger partial charge in [-0.15, -0.1) is 0 Å². The number of hydrogen-bond donors (Lipinski definition) is 0. The zero-order chi connectivity index (χ0) is 14.2. The highest BCUT2D eigenvalue weighted by molar-refractivity contribution is 8.13. The van der Waals surface area contributed by atoms with E-state index in [0.717, 1.165) is 0 Å². The van der Waals surface area contributed by atoms with Crippen LogP contribution in [0.3, 0.4) is 0 Å². The van der Waals surface area contributed by atoms with Crippen LogP contribution in [0.25, 0.3) is 0 Å². The van der Waals surface area contributed by atoms with Crippen molar-refractivity contribution in [1.29, 1.82) is 0 Å². The molecular formula is C10H9Cl3N2O3S. The molecule has 104 valence electrons. The number of carbonyl (C=O) groups excluding carboxylic acids is 1. The first-order chi connectivity index (χ1) is 8.76. The van der Waals surface area contributed by atoms with E-state index in [0.29, 0.717) is 10.7 Å². The molecule has 5 nitrogen and oxygen atoms in total. The van der Waals surface area contributed by atoms with Crippen LogP contribution in [-0.2, 0) is 13.8 Å². The second kappa shape index (κ2) is 5.44. The molecule has 0 spiro atoms. The van der Waals surface area contributed by atoms with Gasteiger partial charge in [-0.2, -0.15) is 0 Å². The van der Waals surface area contributed by atoms with Gasteiger partial charge in [-0.25, -0.2) is 13.4 Å². The predicted molar refractivity (Wildman–Crippen MR) is 74.4 cm³/mol. The molecule has 1 fully saturated rings. The van der Waals surface area contributed by atoms with Crippen molar-refractivity contribution in [2.45, 2.75) is 6.42 Å². The summed E-state index contributed by atoms with van der Waals surface area (Å²) in [5.41, 5.74) is 0.422. The molecule has 0 aromatic carbocycles. The van der Waals surface area contributed by atoms with Crippen LogP contribution >= 0.6 is 33.9 Å². The van der Waals surface area contributed by atoms with Crippen molar-refractivity contribution in [3.05, 3.63) is 22.4 Å². The standard InChI is InChI=1S/C10H9Cl3N2O3S/c11-7-2-9(12)14-3-8(7)15-4-6(1-10(15)16)5-19(13,17)18/h2-3,6H,1,4-5H2. The maximum atomic E-state index is 11.9. The van der Waals surface area contributed by atoms with E-state index >= 15 is 0 Å². The molecule has 1 atom stereocenters. The van der Waals surface area contributed by atoms with Crippen LogP contribution in [0.5, 0.6) is 0 Å². The number of rotatable bonds is 3. The van der Waals surface area contributed by atoms with Crippen molar-refractivity contribution in [2.75, 3.05) is 17.2 Å². The summed E-state index contributed by atoms with van der Waals surface area (Å²) in [5, 5.41) is 0.517. The zero-order valence-corrected chi connectivity index (χ0v) is 12.6. The van der Waals surface area contributed by atoms with Crippen molar-refractivity contribution in [2.24, 2.45) is 5.92 Å². The number of aromatic nitrogens is 1. The monoisotopic (exact) mass is 342 g/mol. The minimum Gasteiger partial charge on any atom is -0.309 e. The highest BCUT2D eigenvalue weighted by Crippen LogP contribution is 2.32. The number of hydrogen-bond acceptors (Lipinski definition) is 4. The van der Waals surface area contributed by atoms with E-state index < -0.39 is 9.05 Å². The fourth-order valence-electron chi connectivity index (χ4n) is 2.01. The summed E-state index contributed by atoms with van der Waals surface area (Å²) in [6, 6.07) is 1.43. The summed E-state index contributed by atoms with van der Waals surface area (Å²) < 4.78 is 22.1. The molecule has 0 bridgehead atoms. The first-order valence-corrected chi connectivity index (χ1v) is 8.53. The maximum Gasteiger partial charge on any atom is 0.232 e. The van der Waals surface area contributed by atoms with Crippen LogP contribution in [-0.4, -0.2) is 31.6 Å². The van der Waals surface area contributed by atoms with Gasteiger partial charge in [0.2, 0.25) is 15.0 Å². The highest BCUT2D eigenvalue weighted by atomic mass is 35.7. The molecule has 1 unspecified atom stereocenters. The van der Waals surface area contributed by atoms with Gasteiger partial charge in [0, 0.05) is 29.6 Å². The molecule has 0 N–H and O–H groups in total. The van der Waals surface area contributed by atoms with E-state index in [1.54, 1.807) is 0 Å². The summed E-state index contributed by atoms with van der Waals surface area (Å²) in [6.45, 7) is 0.244. The van der Waals surface area contributed by atoms with E-state index in [2.05, 4.69) is 4.98 Å². The largest absolute Gasteiger partial charge is 0.309 e. The van der Waals surface area contributed by atoms with E-state index in [9.17, 15) is 13.2 Å². The molecule has 1 aromatic rings. The summed E-state index contributed by atoms with van der Waals surface area (Å²) >= 11 is 11.7. The second-order valence-electron chi connectivity index (χ2n) is 4.24. The average Bonchev–Trinajstić information content (AvgIpc) is 2.56. The second-order valence-corrected chi connectivity index (χ2v) is 7.85. The first-order valence-electron chi connectivity index (χ1n) is 5.30. The molecule has 19 heavy (non-hydrogen) atoms. The molecule has 0 aliphatic carbocycles. The molecule has 1 aromatic heterocycles. The molecule has 1 aliphatic rings. The van der Waals surface area contributed by atoms with Gasteiger partial charge in [-0.05, 0) is 6.07 Å². The normalized spacial score (nSPS) is 20.1. The summed E-state index contributed by atoms with van der Waals surface area (Å²) in [4.78, 5) is 17.1. The highest BCUT2D eigenvalue weighted by Gasteiger charge is 2.34. The van der Waals surface area contributed by atoms with Crippen molar-refractivity contribution in [3.8, 4) is 0 Å². The minimum atomic E-state index is -3.63. The summed E-state index contributed by atoms with van der Waals surface area (Å²) in [6.07, 6.45) is 1.51. The van der Waals surface area contributed by atoms with Crippen LogP contribution in [0.4, 0.5) is 5.69 Å². The van der Waals surface area contributed by atoms with Gasteiger partial charge in [-0.3, -0.25) is 4.79 Å². The third-order valence-electron chi connectivity index (χ3n) is 2.73. The van der Waals surface area contributed by atoms with Crippen LogP contribution in [0.1, 0.15) is 6.42 Å². The quantitative estimate of drug-likeness (QED) is 0.624. The smallest absolute Gasteiger partial charge is 0.232 e. The Morgan fingerprint density at radius 3 is 2.68 bits per heavy atom. The molecule has 1 saturated heterocycles. The lowest BCUT2D eigenvalue weighted by Gasteiger charge is -2.17. The molecule has 0 radical (unpaired) electrons. The van der Waals surface area contributed by atoms with E-state index in [1.165, 1.54) is 17.2 Å². The third-order valence-corrected chi connectivity index (χ3v) is 4.49. The van der Waals surface area contributed by atoms with Gasteiger partial charge in [0.15, 0.2) is 0 Å². The Bertz CT molecular complexity index is 620. The Balaban J connectivity index is 2.20. The number of halogens is 3. The van der Waals surface area contributed by atoms with Crippen molar-refractivity contribution in [1.82, 2.24) is 4.98 Å². The Hall–Kier alpha value is -0.560. The topological polar surface area (TPSA) is 67.3 Å². The van der Waals surface area contributed by atoms with Crippen LogP contribution in [0.15, 0.2) is 12.3 Å². The first kappa shape index (κ1) is 14.8. The summed E-state index contributed by atoms with van der Waals surface area (Å²) in [5.74, 6) is -0.798. The third kappa shape index (κ3) is 3.72. The fourth-order valence-corrected chi connectivity index (χ4v) is 3.80. The van der Waals surface area contributed by atoms with Crippen LogP contribution < -0.4 is 4.90 Å². The number of anilines is 1. The molecule has 1 aliphatic heterocycles. The van der Waals surface area contributed by atoms with Crippen LogP contribution in [0, 0.1) is 5.92 Å². The van der Waals surface area contributed by atoms with Gasteiger partial charge in [0.05, 0.1) is 22.7 Å². The Morgan fingerprint density at radius 2 is 2.11 bits per heavy atom. The number of carbonyl (C=O) groups is 1. The Labute approximate surface area is 124 Å². The zero-order valence-electron chi connectivity index (χ0n) is 9.51. The molecule has 2 rings (SSSR count).